The molecule has 1 aliphatic heterocycles. The third kappa shape index (κ3) is 3.86. The second-order valence-electron chi connectivity index (χ2n) is 8.47. The fraction of sp³-hybridized carbons (Fsp3) is 0.207. The molecule has 0 radical (unpaired) electrons. The van der Waals surface area contributed by atoms with Gasteiger partial charge in [0.05, 0.1) is 18.3 Å². The minimum atomic E-state index is -0.753. The number of carbonyl (C=O) groups excluding carboxylic acids is 1. The molecular formula is C29H24F2N2O. The lowest BCUT2D eigenvalue weighted by molar-refractivity contribution is 0.0730. The number of rotatable bonds is 4. The van der Waals surface area contributed by atoms with Gasteiger partial charge in [-0.2, -0.15) is 0 Å². The summed E-state index contributed by atoms with van der Waals surface area (Å²) in [5, 5.41) is 1.10. The number of hydrogen-bond donors (Lipinski definition) is 0. The van der Waals surface area contributed by atoms with E-state index < -0.39 is 11.6 Å². The van der Waals surface area contributed by atoms with Crippen LogP contribution in [0.25, 0.3) is 22.0 Å². The fourth-order valence-corrected chi connectivity index (χ4v) is 5.04. The van der Waals surface area contributed by atoms with E-state index in [4.69, 9.17) is 0 Å². The number of carbonyl (C=O) groups is 1. The molecule has 5 rings (SSSR count). The van der Waals surface area contributed by atoms with E-state index >= 15 is 0 Å². The number of halogens is 2. The van der Waals surface area contributed by atoms with E-state index in [0.29, 0.717) is 13.1 Å². The number of para-hydroxylation sites is 1. The molecule has 1 saturated heterocycles. The van der Waals surface area contributed by atoms with Gasteiger partial charge in [0.2, 0.25) is 0 Å². The first-order valence-corrected chi connectivity index (χ1v) is 11.4. The maximum atomic E-state index is 13.9. The van der Waals surface area contributed by atoms with Crippen LogP contribution in [0.2, 0.25) is 0 Å². The number of benzene rings is 3. The highest BCUT2D eigenvalue weighted by Crippen LogP contribution is 2.44. The summed E-state index contributed by atoms with van der Waals surface area (Å²) < 4.78 is 30.0. The topological polar surface area (TPSA) is 25.2 Å². The van der Waals surface area contributed by atoms with E-state index in [0.717, 1.165) is 58.8 Å². The van der Waals surface area contributed by atoms with Crippen molar-refractivity contribution in [3.8, 4) is 23.0 Å². The van der Waals surface area contributed by atoms with E-state index in [1.807, 2.05) is 37.3 Å². The van der Waals surface area contributed by atoms with Crippen LogP contribution in [0.3, 0.4) is 0 Å². The Morgan fingerprint density at radius 1 is 1.00 bits per heavy atom. The Labute approximate surface area is 197 Å². The molecule has 0 spiro atoms. The molecular weight excluding hydrogens is 430 g/mol. The zero-order chi connectivity index (χ0) is 23.7. The highest BCUT2D eigenvalue weighted by molar-refractivity contribution is 5.99. The number of hydrogen-bond acceptors (Lipinski definition) is 1. The molecule has 2 heterocycles. The lowest BCUT2D eigenvalue weighted by atomic mass is 9.97. The van der Waals surface area contributed by atoms with E-state index in [1.165, 1.54) is 0 Å². The van der Waals surface area contributed by atoms with E-state index in [2.05, 4.69) is 40.7 Å². The third-order valence-electron chi connectivity index (χ3n) is 6.43. The van der Waals surface area contributed by atoms with Crippen molar-refractivity contribution in [2.75, 3.05) is 6.54 Å². The summed E-state index contributed by atoms with van der Waals surface area (Å²) in [7, 11) is 0. The summed E-state index contributed by atoms with van der Waals surface area (Å²) in [6, 6.07) is 21.1. The molecule has 0 saturated carbocycles. The van der Waals surface area contributed by atoms with Crippen molar-refractivity contribution in [1.29, 1.82) is 0 Å². The average molecular weight is 455 g/mol. The van der Waals surface area contributed by atoms with Crippen LogP contribution >= 0.6 is 0 Å². The Morgan fingerprint density at radius 2 is 1.71 bits per heavy atom. The molecule has 170 valence electrons. The molecule has 1 fully saturated rings. The first-order chi connectivity index (χ1) is 16.6. The van der Waals surface area contributed by atoms with Gasteiger partial charge in [-0.1, -0.05) is 54.5 Å². The number of nitrogens with zero attached hydrogens (tertiary/aromatic N) is 2. The summed E-state index contributed by atoms with van der Waals surface area (Å²) in [6.07, 6.45) is 1.57. The van der Waals surface area contributed by atoms with Gasteiger partial charge in [0, 0.05) is 34.6 Å². The summed E-state index contributed by atoms with van der Waals surface area (Å²) in [4.78, 5) is 15.2. The van der Waals surface area contributed by atoms with Crippen molar-refractivity contribution in [3.05, 3.63) is 95.7 Å². The van der Waals surface area contributed by atoms with Crippen LogP contribution in [0.15, 0.2) is 72.8 Å². The average Bonchev–Trinajstić information content (AvgIpc) is 3.44. The highest BCUT2D eigenvalue weighted by Gasteiger charge is 2.36. The molecule has 5 heteroatoms. The summed E-state index contributed by atoms with van der Waals surface area (Å²) in [5.74, 6) is 4.30. The van der Waals surface area contributed by atoms with Gasteiger partial charge in [-0.25, -0.2) is 8.78 Å². The number of likely N-dealkylation sites (tertiary alicyclic amines) is 1. The Morgan fingerprint density at radius 3 is 2.44 bits per heavy atom. The van der Waals surface area contributed by atoms with Gasteiger partial charge < -0.3 is 9.47 Å². The van der Waals surface area contributed by atoms with Crippen molar-refractivity contribution >= 4 is 16.8 Å². The maximum absolute atomic E-state index is 13.9. The molecule has 1 aliphatic rings. The number of fused-ring (bicyclic) bond motifs is 1. The van der Waals surface area contributed by atoms with Gasteiger partial charge >= 0.3 is 0 Å². The third-order valence-corrected chi connectivity index (χ3v) is 6.43. The SMILES string of the molecule is CC#CCn1c(C2CCCN2C(=O)c2cc(F)cc(F)c2)c(-c2ccccc2)c2ccccc21. The smallest absolute Gasteiger partial charge is 0.254 e. The Bertz CT molecular complexity index is 1410. The summed E-state index contributed by atoms with van der Waals surface area (Å²) in [5.41, 5.74) is 4.23. The van der Waals surface area contributed by atoms with Gasteiger partial charge in [-0.15, -0.1) is 5.92 Å². The van der Waals surface area contributed by atoms with Crippen LogP contribution in [0.4, 0.5) is 8.78 Å². The molecule has 34 heavy (non-hydrogen) atoms. The van der Waals surface area contributed by atoms with Crippen molar-refractivity contribution in [2.24, 2.45) is 0 Å². The number of amides is 1. The van der Waals surface area contributed by atoms with Crippen LogP contribution in [0.1, 0.15) is 41.9 Å². The molecule has 0 aliphatic carbocycles. The second kappa shape index (κ2) is 9.15. The minimum absolute atomic E-state index is 0.0293. The van der Waals surface area contributed by atoms with Crippen molar-refractivity contribution in [3.63, 3.8) is 0 Å². The molecule has 0 bridgehead atoms. The van der Waals surface area contributed by atoms with Gasteiger partial charge in [0.1, 0.15) is 11.6 Å². The number of aromatic nitrogens is 1. The molecule has 0 N–H and O–H groups in total. The Hall–Kier alpha value is -3.91. The van der Waals surface area contributed by atoms with Crippen molar-refractivity contribution in [2.45, 2.75) is 32.4 Å². The van der Waals surface area contributed by atoms with Gasteiger partial charge in [0.25, 0.3) is 5.91 Å². The summed E-state index contributed by atoms with van der Waals surface area (Å²) in [6.45, 7) is 2.83. The molecule has 3 nitrogen and oxygen atoms in total. The highest BCUT2D eigenvalue weighted by atomic mass is 19.1. The fourth-order valence-electron chi connectivity index (χ4n) is 5.04. The lowest BCUT2D eigenvalue weighted by Gasteiger charge is -2.27. The van der Waals surface area contributed by atoms with Crippen LogP contribution in [0.5, 0.6) is 0 Å². The zero-order valence-electron chi connectivity index (χ0n) is 18.9. The van der Waals surface area contributed by atoms with Gasteiger partial charge in [-0.3, -0.25) is 4.79 Å². The van der Waals surface area contributed by atoms with Gasteiger partial charge in [-0.05, 0) is 43.5 Å². The maximum Gasteiger partial charge on any atom is 0.254 e. The quantitative estimate of drug-likeness (QED) is 0.320. The zero-order valence-corrected chi connectivity index (χ0v) is 18.9. The van der Waals surface area contributed by atoms with E-state index in [9.17, 15) is 13.6 Å². The molecule has 1 unspecified atom stereocenters. The van der Waals surface area contributed by atoms with Crippen LogP contribution < -0.4 is 0 Å². The van der Waals surface area contributed by atoms with Crippen LogP contribution in [0, 0.1) is 23.5 Å². The summed E-state index contributed by atoms with van der Waals surface area (Å²) >= 11 is 0. The Balaban J connectivity index is 1.71. The van der Waals surface area contributed by atoms with E-state index in [1.54, 1.807) is 4.90 Å². The molecule has 1 aromatic heterocycles. The van der Waals surface area contributed by atoms with Crippen molar-refractivity contribution < 1.29 is 13.6 Å². The second-order valence-corrected chi connectivity index (χ2v) is 8.47. The predicted molar refractivity (Wildman–Crippen MR) is 130 cm³/mol. The predicted octanol–water partition coefficient (Wildman–Crippen LogP) is 6.59. The normalized spacial score (nSPS) is 15.4. The first-order valence-electron chi connectivity index (χ1n) is 11.4. The van der Waals surface area contributed by atoms with E-state index in [-0.39, 0.29) is 17.5 Å². The largest absolute Gasteiger partial charge is 0.330 e. The first kappa shape index (κ1) is 21.9. The standard InChI is InChI=1S/C29H24F2N2O/c1-2-3-15-32-25-13-8-7-12-24(25)27(20-10-5-4-6-11-20)28(32)26-14-9-16-33(26)29(34)21-17-22(30)19-23(31)18-21/h4-8,10-13,17-19,26H,9,14-16H2,1H3. The molecule has 1 amide bonds. The Kier molecular flexibility index (Phi) is 5.90. The van der Waals surface area contributed by atoms with Crippen molar-refractivity contribution in [1.82, 2.24) is 9.47 Å². The van der Waals surface area contributed by atoms with Crippen LogP contribution in [-0.4, -0.2) is 21.9 Å². The molecule has 3 aromatic carbocycles. The molecule has 1 atom stereocenters. The monoisotopic (exact) mass is 454 g/mol. The lowest BCUT2D eigenvalue weighted by Crippen LogP contribution is -2.32. The minimum Gasteiger partial charge on any atom is -0.330 e. The van der Waals surface area contributed by atoms with Crippen LogP contribution in [-0.2, 0) is 6.54 Å². The van der Waals surface area contributed by atoms with Gasteiger partial charge in [0.15, 0.2) is 0 Å². The molecule has 4 aromatic rings.